The zero-order chi connectivity index (χ0) is 9.84. The van der Waals surface area contributed by atoms with E-state index < -0.39 is 4.92 Å². The van der Waals surface area contributed by atoms with Crippen molar-refractivity contribution in [2.45, 2.75) is 13.3 Å². The lowest BCUT2D eigenvalue weighted by Gasteiger charge is -2.04. The van der Waals surface area contributed by atoms with Gasteiger partial charge in [-0.15, -0.1) is 0 Å². The molecule has 69 valence electrons. The zero-order valence-corrected chi connectivity index (χ0v) is 7.23. The molecule has 0 unspecified atom stereocenters. The predicted molar refractivity (Wildman–Crippen MR) is 47.8 cm³/mol. The van der Waals surface area contributed by atoms with Crippen molar-refractivity contribution in [1.82, 2.24) is 0 Å². The molecule has 0 bridgehead atoms. The summed E-state index contributed by atoms with van der Waals surface area (Å²) in [5.41, 5.74) is 1.14. The Morgan fingerprint density at radius 2 is 2.31 bits per heavy atom. The Balaban J connectivity index is 3.27. The number of hydrogen-bond acceptors (Lipinski definition) is 3. The van der Waals surface area contributed by atoms with Crippen molar-refractivity contribution in [2.24, 2.45) is 0 Å². The molecule has 0 spiro atoms. The molecule has 0 saturated heterocycles. The van der Waals surface area contributed by atoms with Crippen molar-refractivity contribution < 1.29 is 10.0 Å². The molecule has 0 aliphatic heterocycles. The predicted octanol–water partition coefficient (Wildman–Crippen LogP) is 2.04. The van der Waals surface area contributed by atoms with Gasteiger partial charge in [0.05, 0.1) is 4.92 Å². The van der Waals surface area contributed by atoms with Crippen LogP contribution in [-0.4, -0.2) is 10.0 Å². The molecule has 0 aromatic heterocycles. The van der Waals surface area contributed by atoms with Crippen molar-refractivity contribution in [3.63, 3.8) is 0 Å². The second-order valence-electron chi connectivity index (χ2n) is 2.58. The number of nitrogens with zero attached hydrogens (tertiary/aromatic N) is 1. The second kappa shape index (κ2) is 4.00. The summed E-state index contributed by atoms with van der Waals surface area (Å²) in [6.45, 7) is 2.71. The summed E-state index contributed by atoms with van der Waals surface area (Å²) in [7, 11) is 0. The number of aliphatic hydroxyl groups is 1. The molecule has 0 aliphatic carbocycles. The van der Waals surface area contributed by atoms with E-state index in [1.165, 1.54) is 6.07 Å². The van der Waals surface area contributed by atoms with Crippen LogP contribution in [0.2, 0.25) is 0 Å². The van der Waals surface area contributed by atoms with Crippen molar-refractivity contribution >= 4 is 5.69 Å². The number of rotatable bonds is 3. The molecule has 13 heavy (non-hydrogen) atoms. The van der Waals surface area contributed by atoms with Gasteiger partial charge in [-0.25, -0.2) is 0 Å². The van der Waals surface area contributed by atoms with Crippen LogP contribution in [0.5, 0.6) is 0 Å². The molecule has 1 radical (unpaired) electrons. The van der Waals surface area contributed by atoms with Crippen LogP contribution in [0.15, 0.2) is 18.2 Å². The molecule has 1 aromatic rings. The van der Waals surface area contributed by atoms with Crippen molar-refractivity contribution in [3.8, 4) is 0 Å². The van der Waals surface area contributed by atoms with E-state index >= 15 is 0 Å². The van der Waals surface area contributed by atoms with E-state index in [-0.39, 0.29) is 5.69 Å². The van der Waals surface area contributed by atoms with E-state index in [4.69, 9.17) is 5.11 Å². The number of nitro groups is 1. The minimum absolute atomic E-state index is 0.0605. The van der Waals surface area contributed by atoms with Crippen molar-refractivity contribution in [2.75, 3.05) is 0 Å². The lowest BCUT2D eigenvalue weighted by atomic mass is 10.0. The minimum Gasteiger partial charge on any atom is -0.385 e. The van der Waals surface area contributed by atoms with Crippen LogP contribution < -0.4 is 0 Å². The summed E-state index contributed by atoms with van der Waals surface area (Å²) < 4.78 is 0. The van der Waals surface area contributed by atoms with Gasteiger partial charge in [-0.3, -0.25) is 10.1 Å². The highest BCUT2D eigenvalue weighted by Crippen LogP contribution is 2.23. The second-order valence-corrected chi connectivity index (χ2v) is 2.58. The number of benzene rings is 1. The molecule has 0 heterocycles. The standard InChI is InChI=1S/C9H10NO3/c1-2-8-7(6-11)4-3-5-9(8)10(12)13/h3-6,11H,2H2,1H3. The van der Waals surface area contributed by atoms with Crippen molar-refractivity contribution in [3.05, 3.63) is 46.0 Å². The van der Waals surface area contributed by atoms with Gasteiger partial charge >= 0.3 is 0 Å². The normalized spacial score (nSPS) is 10.0. The van der Waals surface area contributed by atoms with Gasteiger partial charge in [-0.1, -0.05) is 19.1 Å². The first kappa shape index (κ1) is 9.67. The maximum atomic E-state index is 10.6. The maximum absolute atomic E-state index is 10.6. The molecule has 0 aliphatic rings. The summed E-state index contributed by atoms with van der Waals surface area (Å²) >= 11 is 0. The topological polar surface area (TPSA) is 63.4 Å². The first-order valence-corrected chi connectivity index (χ1v) is 3.94. The molecule has 0 atom stereocenters. The molecule has 1 N–H and O–H groups in total. The SMILES string of the molecule is CCc1c([CH]O)cccc1[N+](=O)[O-]. The Labute approximate surface area is 76.0 Å². The Hall–Kier alpha value is -1.42. The average molecular weight is 180 g/mol. The fourth-order valence-corrected chi connectivity index (χ4v) is 1.27. The lowest BCUT2D eigenvalue weighted by molar-refractivity contribution is -0.385. The van der Waals surface area contributed by atoms with Gasteiger partial charge in [-0.2, -0.15) is 0 Å². The Bertz CT molecular complexity index is 323. The van der Waals surface area contributed by atoms with E-state index in [1.807, 2.05) is 6.92 Å². The smallest absolute Gasteiger partial charge is 0.272 e. The van der Waals surface area contributed by atoms with Crippen LogP contribution in [0.1, 0.15) is 18.1 Å². The van der Waals surface area contributed by atoms with Gasteiger partial charge in [0.1, 0.15) is 6.61 Å². The fourth-order valence-electron chi connectivity index (χ4n) is 1.27. The highest BCUT2D eigenvalue weighted by molar-refractivity contribution is 5.47. The van der Waals surface area contributed by atoms with Crippen LogP contribution in [0.3, 0.4) is 0 Å². The maximum Gasteiger partial charge on any atom is 0.272 e. The molecule has 4 nitrogen and oxygen atoms in total. The van der Waals surface area contributed by atoms with E-state index in [2.05, 4.69) is 0 Å². The van der Waals surface area contributed by atoms with Crippen LogP contribution in [0, 0.1) is 16.7 Å². The minimum atomic E-state index is -0.439. The monoisotopic (exact) mass is 180 g/mol. The quantitative estimate of drug-likeness (QED) is 0.571. The summed E-state index contributed by atoms with van der Waals surface area (Å²) in [6.07, 6.45) is 0.531. The summed E-state index contributed by atoms with van der Waals surface area (Å²) in [5.74, 6) is 0. The largest absolute Gasteiger partial charge is 0.385 e. The Kier molecular flexibility index (Phi) is 2.97. The lowest BCUT2D eigenvalue weighted by Crippen LogP contribution is -1.98. The molecule has 1 aromatic carbocycles. The molecule has 4 heteroatoms. The fraction of sp³-hybridized carbons (Fsp3) is 0.222. The van der Waals surface area contributed by atoms with Gasteiger partial charge in [-0.05, 0) is 12.0 Å². The van der Waals surface area contributed by atoms with E-state index in [9.17, 15) is 10.1 Å². The highest BCUT2D eigenvalue weighted by Gasteiger charge is 2.14. The summed E-state index contributed by atoms with van der Waals surface area (Å²) in [6, 6.07) is 4.64. The van der Waals surface area contributed by atoms with Crippen molar-refractivity contribution in [1.29, 1.82) is 0 Å². The Morgan fingerprint density at radius 3 is 2.77 bits per heavy atom. The van der Waals surface area contributed by atoms with E-state index in [1.54, 1.807) is 12.1 Å². The number of aliphatic hydroxyl groups excluding tert-OH is 1. The number of hydrogen-bond donors (Lipinski definition) is 1. The van der Waals surface area contributed by atoms with Gasteiger partial charge in [0.25, 0.3) is 5.69 Å². The highest BCUT2D eigenvalue weighted by atomic mass is 16.6. The third-order valence-corrected chi connectivity index (χ3v) is 1.88. The van der Waals surface area contributed by atoms with Crippen LogP contribution in [0.4, 0.5) is 5.69 Å². The van der Waals surface area contributed by atoms with Crippen LogP contribution in [0.25, 0.3) is 0 Å². The third-order valence-electron chi connectivity index (χ3n) is 1.88. The van der Waals surface area contributed by atoms with Gasteiger partial charge in [0, 0.05) is 11.6 Å². The molecular weight excluding hydrogens is 170 g/mol. The first-order chi connectivity index (χ1) is 6.20. The average Bonchev–Trinajstić information content (AvgIpc) is 2.16. The summed E-state index contributed by atoms with van der Waals surface area (Å²) in [4.78, 5) is 10.1. The molecule has 1 rings (SSSR count). The molecule has 0 fully saturated rings. The third kappa shape index (κ3) is 1.84. The van der Waals surface area contributed by atoms with Gasteiger partial charge < -0.3 is 5.11 Å². The summed E-state index contributed by atoms with van der Waals surface area (Å²) in [5, 5.41) is 19.4. The van der Waals surface area contributed by atoms with Gasteiger partial charge in [0.15, 0.2) is 0 Å². The molecule has 0 saturated carbocycles. The first-order valence-electron chi connectivity index (χ1n) is 3.94. The van der Waals surface area contributed by atoms with Gasteiger partial charge in [0.2, 0.25) is 0 Å². The molecule has 0 amide bonds. The van der Waals surface area contributed by atoms with E-state index in [0.29, 0.717) is 17.5 Å². The molecular formula is C9H10NO3. The number of nitro benzene ring substituents is 1. The Morgan fingerprint density at radius 1 is 1.62 bits per heavy atom. The van der Waals surface area contributed by atoms with E-state index in [0.717, 1.165) is 6.61 Å². The zero-order valence-electron chi connectivity index (χ0n) is 7.23. The van der Waals surface area contributed by atoms with Crippen LogP contribution >= 0.6 is 0 Å². The van der Waals surface area contributed by atoms with Crippen LogP contribution in [-0.2, 0) is 6.42 Å².